The second kappa shape index (κ2) is 7.98. The third-order valence-electron chi connectivity index (χ3n) is 4.98. The van der Waals surface area contributed by atoms with Crippen LogP contribution in [0.1, 0.15) is 40.2 Å². The standard InChI is InChI=1S/C20H22F3N3O3/c1-12-17(18(27)19(28)25(3)11-16-8-5-9-29-16)13(2)26(24-12)15-7-4-6-14(10-15)20(21,22)23/h4,6-7,10,16H,5,8-9,11H2,1-3H3. The van der Waals surface area contributed by atoms with Crippen LogP contribution >= 0.6 is 0 Å². The number of aromatic nitrogens is 2. The molecule has 3 rings (SSSR count). The summed E-state index contributed by atoms with van der Waals surface area (Å²) in [6.07, 6.45) is -2.84. The van der Waals surface area contributed by atoms with Crippen molar-refractivity contribution >= 4 is 11.7 Å². The van der Waals surface area contributed by atoms with Gasteiger partial charge < -0.3 is 9.64 Å². The summed E-state index contributed by atoms with van der Waals surface area (Å²) in [6, 6.07) is 4.66. The van der Waals surface area contributed by atoms with Crippen LogP contribution in [0.25, 0.3) is 5.69 Å². The van der Waals surface area contributed by atoms with Crippen molar-refractivity contribution in [3.63, 3.8) is 0 Å². The highest BCUT2D eigenvalue weighted by Crippen LogP contribution is 2.31. The number of alkyl halides is 3. The lowest BCUT2D eigenvalue weighted by Gasteiger charge is -2.20. The van der Waals surface area contributed by atoms with Gasteiger partial charge in [0, 0.05) is 20.2 Å². The van der Waals surface area contributed by atoms with Crippen LogP contribution in [0.4, 0.5) is 13.2 Å². The van der Waals surface area contributed by atoms with Gasteiger partial charge >= 0.3 is 6.18 Å². The second-order valence-electron chi connectivity index (χ2n) is 7.16. The Labute approximate surface area is 166 Å². The highest BCUT2D eigenvalue weighted by atomic mass is 19.4. The molecule has 0 saturated carbocycles. The Morgan fingerprint density at radius 3 is 2.66 bits per heavy atom. The number of benzene rings is 1. The van der Waals surface area contributed by atoms with Crippen molar-refractivity contribution in [2.75, 3.05) is 20.2 Å². The fraction of sp³-hybridized carbons (Fsp3) is 0.450. The van der Waals surface area contributed by atoms with Crippen LogP contribution in [0.5, 0.6) is 0 Å². The zero-order valence-electron chi connectivity index (χ0n) is 16.4. The molecule has 1 amide bonds. The molecule has 1 saturated heterocycles. The molecular formula is C20H22F3N3O3. The van der Waals surface area contributed by atoms with Gasteiger partial charge in [-0.15, -0.1) is 0 Å². The largest absolute Gasteiger partial charge is 0.416 e. The van der Waals surface area contributed by atoms with Gasteiger partial charge in [0.05, 0.1) is 34.3 Å². The van der Waals surface area contributed by atoms with Crippen molar-refractivity contribution in [3.8, 4) is 5.69 Å². The summed E-state index contributed by atoms with van der Waals surface area (Å²) in [4.78, 5) is 26.7. The van der Waals surface area contributed by atoms with Crippen LogP contribution < -0.4 is 0 Å². The van der Waals surface area contributed by atoms with Gasteiger partial charge in [-0.3, -0.25) is 9.59 Å². The van der Waals surface area contributed by atoms with Gasteiger partial charge in [-0.2, -0.15) is 18.3 Å². The van der Waals surface area contributed by atoms with Crippen LogP contribution in [-0.2, 0) is 15.7 Å². The van der Waals surface area contributed by atoms with E-state index in [0.717, 1.165) is 25.0 Å². The molecule has 1 aliphatic rings. The van der Waals surface area contributed by atoms with Gasteiger partial charge in [-0.05, 0) is 44.9 Å². The second-order valence-corrected chi connectivity index (χ2v) is 7.16. The highest BCUT2D eigenvalue weighted by molar-refractivity contribution is 6.43. The van der Waals surface area contributed by atoms with E-state index in [-0.39, 0.29) is 23.0 Å². The molecule has 156 valence electrons. The number of rotatable bonds is 5. The third kappa shape index (κ3) is 4.34. The van der Waals surface area contributed by atoms with Crippen LogP contribution in [0.2, 0.25) is 0 Å². The first-order chi connectivity index (χ1) is 13.6. The average molecular weight is 409 g/mol. The number of Topliss-reactive ketones (excluding diaryl/α,β-unsaturated/α-hetero) is 1. The Morgan fingerprint density at radius 2 is 2.03 bits per heavy atom. The lowest BCUT2D eigenvalue weighted by Crippen LogP contribution is -2.38. The summed E-state index contributed by atoms with van der Waals surface area (Å²) < 4.78 is 45.8. The van der Waals surface area contributed by atoms with Crippen molar-refractivity contribution < 1.29 is 27.5 Å². The van der Waals surface area contributed by atoms with Gasteiger partial charge in [-0.25, -0.2) is 4.68 Å². The number of carbonyl (C=O) groups is 2. The molecular weight excluding hydrogens is 387 g/mol. The molecule has 29 heavy (non-hydrogen) atoms. The normalized spacial score (nSPS) is 16.8. The van der Waals surface area contributed by atoms with Crippen molar-refractivity contribution in [2.24, 2.45) is 0 Å². The van der Waals surface area contributed by atoms with Crippen molar-refractivity contribution in [1.29, 1.82) is 0 Å². The first-order valence-corrected chi connectivity index (χ1v) is 9.25. The maximum Gasteiger partial charge on any atom is 0.416 e. The zero-order valence-corrected chi connectivity index (χ0v) is 16.4. The summed E-state index contributed by atoms with van der Waals surface area (Å²) >= 11 is 0. The van der Waals surface area contributed by atoms with E-state index in [9.17, 15) is 22.8 Å². The van der Waals surface area contributed by atoms with Crippen LogP contribution in [0.15, 0.2) is 24.3 Å². The first-order valence-electron chi connectivity index (χ1n) is 9.25. The average Bonchev–Trinajstić information content (AvgIpc) is 3.27. The Kier molecular flexibility index (Phi) is 5.79. The summed E-state index contributed by atoms with van der Waals surface area (Å²) in [5.41, 5.74) is 0.0449. The number of hydrogen-bond acceptors (Lipinski definition) is 4. The minimum Gasteiger partial charge on any atom is -0.376 e. The molecule has 1 aliphatic heterocycles. The number of ketones is 1. The number of nitrogens with zero attached hydrogens (tertiary/aromatic N) is 3. The topological polar surface area (TPSA) is 64.4 Å². The van der Waals surface area contributed by atoms with E-state index in [1.807, 2.05) is 0 Å². The molecule has 0 radical (unpaired) electrons. The van der Waals surface area contributed by atoms with Gasteiger partial charge in [-0.1, -0.05) is 6.07 Å². The van der Waals surface area contributed by atoms with Gasteiger partial charge in [0.15, 0.2) is 0 Å². The first kappa shape index (κ1) is 21.0. The number of hydrogen-bond donors (Lipinski definition) is 0. The predicted octanol–water partition coefficient (Wildman–Crippen LogP) is 3.33. The quantitative estimate of drug-likeness (QED) is 0.561. The number of likely N-dealkylation sites (N-methyl/N-ethyl adjacent to an activating group) is 1. The Bertz CT molecular complexity index is 931. The number of carbonyl (C=O) groups excluding carboxylic acids is 2. The SMILES string of the molecule is Cc1nn(-c2cccc(C(F)(F)F)c2)c(C)c1C(=O)C(=O)N(C)CC1CCCO1. The molecule has 0 aliphatic carbocycles. The van der Waals surface area contributed by atoms with Crippen LogP contribution in [0, 0.1) is 13.8 Å². The minimum atomic E-state index is -4.49. The molecule has 9 heteroatoms. The molecule has 2 aromatic rings. The molecule has 1 unspecified atom stereocenters. The number of amides is 1. The Balaban J connectivity index is 1.87. The van der Waals surface area contributed by atoms with E-state index in [1.165, 1.54) is 28.8 Å². The zero-order chi connectivity index (χ0) is 21.3. The lowest BCUT2D eigenvalue weighted by atomic mass is 10.1. The summed E-state index contributed by atoms with van der Waals surface area (Å²) in [5, 5.41) is 4.20. The third-order valence-corrected chi connectivity index (χ3v) is 4.98. The van der Waals surface area contributed by atoms with Gasteiger partial charge in [0.1, 0.15) is 0 Å². The molecule has 6 nitrogen and oxygen atoms in total. The van der Waals surface area contributed by atoms with Crippen molar-refractivity contribution in [2.45, 2.75) is 39.0 Å². The monoisotopic (exact) mass is 409 g/mol. The summed E-state index contributed by atoms with van der Waals surface area (Å²) in [7, 11) is 1.53. The number of aryl methyl sites for hydroxylation is 1. The van der Waals surface area contributed by atoms with E-state index in [1.54, 1.807) is 13.8 Å². The molecule has 2 heterocycles. The summed E-state index contributed by atoms with van der Waals surface area (Å²) in [5.74, 6) is -1.44. The molecule has 0 N–H and O–H groups in total. The Hall–Kier alpha value is -2.68. The van der Waals surface area contributed by atoms with E-state index >= 15 is 0 Å². The number of ether oxygens (including phenoxy) is 1. The fourth-order valence-corrected chi connectivity index (χ4v) is 3.49. The number of halogens is 3. The minimum absolute atomic E-state index is 0.0909. The van der Waals surface area contributed by atoms with E-state index in [4.69, 9.17) is 4.74 Å². The predicted molar refractivity (Wildman–Crippen MR) is 99.0 cm³/mol. The van der Waals surface area contributed by atoms with Gasteiger partial charge in [0.25, 0.3) is 11.7 Å². The maximum absolute atomic E-state index is 13.0. The molecule has 0 spiro atoms. The smallest absolute Gasteiger partial charge is 0.376 e. The summed E-state index contributed by atoms with van der Waals surface area (Å²) in [6.45, 7) is 4.06. The fourth-order valence-electron chi connectivity index (χ4n) is 3.49. The van der Waals surface area contributed by atoms with E-state index in [0.29, 0.717) is 18.8 Å². The molecule has 1 atom stereocenters. The maximum atomic E-state index is 13.0. The van der Waals surface area contributed by atoms with Crippen molar-refractivity contribution in [3.05, 3.63) is 46.8 Å². The van der Waals surface area contributed by atoms with Crippen LogP contribution in [-0.4, -0.2) is 52.7 Å². The van der Waals surface area contributed by atoms with Crippen LogP contribution in [0.3, 0.4) is 0 Å². The molecule has 0 bridgehead atoms. The van der Waals surface area contributed by atoms with Gasteiger partial charge in [0.2, 0.25) is 0 Å². The van der Waals surface area contributed by atoms with E-state index < -0.39 is 23.4 Å². The lowest BCUT2D eigenvalue weighted by molar-refractivity contribution is -0.137. The highest BCUT2D eigenvalue weighted by Gasteiger charge is 2.32. The Morgan fingerprint density at radius 1 is 1.31 bits per heavy atom. The molecule has 1 aromatic heterocycles. The van der Waals surface area contributed by atoms with E-state index in [2.05, 4.69) is 5.10 Å². The van der Waals surface area contributed by atoms with Crippen molar-refractivity contribution in [1.82, 2.24) is 14.7 Å². The molecule has 1 aromatic carbocycles. The molecule has 1 fully saturated rings.